The quantitative estimate of drug-likeness (QED) is 0.336. The normalized spacial score (nSPS) is 17.8. The Morgan fingerprint density at radius 3 is 2.47 bits per heavy atom. The third-order valence-corrected chi connectivity index (χ3v) is 8.89. The molecule has 1 atom stereocenters. The molecule has 3 aromatic rings. The third kappa shape index (κ3) is 6.40. The van der Waals surface area contributed by atoms with E-state index in [9.17, 15) is 14.4 Å². The van der Waals surface area contributed by atoms with E-state index in [4.69, 9.17) is 27.9 Å². The van der Waals surface area contributed by atoms with Crippen LogP contribution in [0.15, 0.2) is 35.3 Å². The number of nitrogens with zero attached hydrogens (tertiary/aromatic N) is 3. The van der Waals surface area contributed by atoms with Gasteiger partial charge in [-0.3, -0.25) is 19.3 Å². The predicted octanol–water partition coefficient (Wildman–Crippen LogP) is 5.85. The Bertz CT molecular complexity index is 1650. The number of hydrogen-bond acceptors (Lipinski definition) is 6. The van der Waals surface area contributed by atoms with E-state index in [1.54, 1.807) is 24.4 Å². The number of nitrogens with one attached hydrogen (secondary N) is 1. The Labute approximate surface area is 260 Å². The van der Waals surface area contributed by atoms with Crippen LogP contribution in [0.5, 0.6) is 5.75 Å². The fourth-order valence-corrected chi connectivity index (χ4v) is 6.00. The van der Waals surface area contributed by atoms with E-state index < -0.39 is 22.6 Å². The molecule has 2 fully saturated rings. The average molecular weight is 632 g/mol. The number of pyridine rings is 1. The maximum absolute atomic E-state index is 16.0. The number of aromatic nitrogens is 1. The van der Waals surface area contributed by atoms with Gasteiger partial charge in [-0.2, -0.15) is 0 Å². The predicted molar refractivity (Wildman–Crippen MR) is 168 cm³/mol. The maximum atomic E-state index is 16.0. The zero-order valence-electron chi connectivity index (χ0n) is 25.1. The molecule has 11 heteroatoms. The van der Waals surface area contributed by atoms with Crippen LogP contribution in [-0.2, 0) is 11.3 Å². The van der Waals surface area contributed by atoms with Crippen molar-refractivity contribution in [2.24, 2.45) is 5.41 Å². The summed E-state index contributed by atoms with van der Waals surface area (Å²) in [5, 5.41) is 3.73. The molecule has 1 amide bonds. The van der Waals surface area contributed by atoms with Gasteiger partial charge < -0.3 is 19.5 Å². The summed E-state index contributed by atoms with van der Waals surface area (Å²) < 4.78 is 23.7. The highest BCUT2D eigenvalue weighted by Gasteiger charge is 2.34. The molecule has 0 bridgehead atoms. The standard InChI is InChI=1S/C32H37Cl2FN4O4/c1-18-15-38(11-10-37(18)17-26(40)32(2,3)4)28-25(35)13-22-27(30(28)43-5)39(21-8-9-21)16-23(29(22)41)31(42)36-14-19-6-7-20(33)12-24(19)34/h6-7,12-13,16,18,21H,8-11,14-15,17H2,1-5H3,(H,36,42). The molecule has 1 aromatic heterocycles. The Hall–Kier alpha value is -3.14. The summed E-state index contributed by atoms with van der Waals surface area (Å²) in [4.78, 5) is 43.7. The number of ketones is 1. The molecule has 1 saturated carbocycles. The van der Waals surface area contributed by atoms with Crippen LogP contribution in [0.2, 0.25) is 10.0 Å². The number of hydrogen-bond donors (Lipinski definition) is 1. The Morgan fingerprint density at radius 2 is 1.86 bits per heavy atom. The monoisotopic (exact) mass is 630 g/mol. The molecular weight excluding hydrogens is 594 g/mol. The number of piperazine rings is 1. The first kappa shape index (κ1) is 31.3. The van der Waals surface area contributed by atoms with Crippen molar-refractivity contribution in [3.8, 4) is 5.75 Å². The summed E-state index contributed by atoms with van der Waals surface area (Å²) in [5.74, 6) is -0.747. The average Bonchev–Trinajstić information content (AvgIpc) is 3.78. The Balaban J connectivity index is 1.48. The van der Waals surface area contributed by atoms with E-state index in [0.29, 0.717) is 47.3 Å². The van der Waals surface area contributed by atoms with E-state index in [0.717, 1.165) is 12.8 Å². The van der Waals surface area contributed by atoms with Crippen molar-refractivity contribution >= 4 is 51.5 Å². The van der Waals surface area contributed by atoms with Crippen molar-refractivity contribution < 1.29 is 18.7 Å². The lowest BCUT2D eigenvalue weighted by molar-refractivity contribution is -0.128. The number of Topliss-reactive ketones (excluding diaryl/α,β-unsaturated/α-hetero) is 1. The second-order valence-electron chi connectivity index (χ2n) is 12.5. The molecule has 8 nitrogen and oxygen atoms in total. The van der Waals surface area contributed by atoms with Crippen molar-refractivity contribution in [2.75, 3.05) is 38.2 Å². The molecule has 2 aliphatic rings. The van der Waals surface area contributed by atoms with E-state index in [1.807, 2.05) is 37.2 Å². The van der Waals surface area contributed by atoms with E-state index in [2.05, 4.69) is 10.2 Å². The molecule has 0 radical (unpaired) electrons. The molecule has 1 unspecified atom stereocenters. The van der Waals surface area contributed by atoms with Gasteiger partial charge in [0.25, 0.3) is 5.91 Å². The van der Waals surface area contributed by atoms with Crippen LogP contribution in [0.3, 0.4) is 0 Å². The van der Waals surface area contributed by atoms with Gasteiger partial charge in [0.15, 0.2) is 17.3 Å². The van der Waals surface area contributed by atoms with Gasteiger partial charge in [0, 0.05) is 59.9 Å². The number of anilines is 1. The van der Waals surface area contributed by atoms with Gasteiger partial charge in [-0.25, -0.2) is 4.39 Å². The highest BCUT2D eigenvalue weighted by atomic mass is 35.5. The minimum atomic E-state index is -0.597. The highest BCUT2D eigenvalue weighted by Crippen LogP contribution is 2.44. The fraction of sp³-hybridized carbons (Fsp3) is 0.469. The molecule has 5 rings (SSSR count). The van der Waals surface area contributed by atoms with Crippen LogP contribution >= 0.6 is 23.2 Å². The molecule has 2 heterocycles. The number of fused-ring (bicyclic) bond motifs is 1. The molecule has 1 aliphatic carbocycles. The van der Waals surface area contributed by atoms with E-state index in [1.165, 1.54) is 13.2 Å². The molecule has 1 saturated heterocycles. The minimum Gasteiger partial charge on any atom is -0.492 e. The number of carbonyl (C=O) groups excluding carboxylic acids is 2. The number of rotatable bonds is 8. The van der Waals surface area contributed by atoms with Crippen LogP contribution in [0.4, 0.5) is 10.1 Å². The van der Waals surface area contributed by atoms with Gasteiger partial charge >= 0.3 is 0 Å². The third-order valence-electron chi connectivity index (χ3n) is 8.31. The minimum absolute atomic E-state index is 0.00862. The van der Waals surface area contributed by atoms with Gasteiger partial charge in [0.1, 0.15) is 11.3 Å². The van der Waals surface area contributed by atoms with Crippen molar-refractivity contribution in [1.82, 2.24) is 14.8 Å². The van der Waals surface area contributed by atoms with E-state index in [-0.39, 0.29) is 46.8 Å². The summed E-state index contributed by atoms with van der Waals surface area (Å²) in [7, 11) is 1.47. The molecule has 1 aliphatic heterocycles. The molecule has 0 spiro atoms. The van der Waals surface area contributed by atoms with E-state index >= 15 is 4.39 Å². The van der Waals surface area contributed by atoms with Crippen LogP contribution in [0.25, 0.3) is 10.9 Å². The first-order valence-corrected chi connectivity index (χ1v) is 15.3. The number of amides is 1. The summed E-state index contributed by atoms with van der Waals surface area (Å²) >= 11 is 12.2. The van der Waals surface area contributed by atoms with Gasteiger partial charge in [0.05, 0.1) is 24.6 Å². The molecule has 1 N–H and O–H groups in total. The smallest absolute Gasteiger partial charge is 0.257 e. The molecule has 2 aromatic carbocycles. The lowest BCUT2D eigenvalue weighted by Gasteiger charge is -2.41. The lowest BCUT2D eigenvalue weighted by atomic mass is 9.90. The second kappa shape index (κ2) is 12.1. The molecule has 43 heavy (non-hydrogen) atoms. The number of benzene rings is 2. The topological polar surface area (TPSA) is 83.9 Å². The maximum Gasteiger partial charge on any atom is 0.257 e. The summed E-state index contributed by atoms with van der Waals surface area (Å²) in [6.07, 6.45) is 3.30. The van der Waals surface area contributed by atoms with Crippen molar-refractivity contribution in [2.45, 2.75) is 59.2 Å². The summed E-state index contributed by atoms with van der Waals surface area (Å²) in [5.41, 5.74) is 0.319. The van der Waals surface area contributed by atoms with Crippen LogP contribution in [0, 0.1) is 11.2 Å². The zero-order valence-corrected chi connectivity index (χ0v) is 26.6. The molecule has 230 valence electrons. The number of carbonyl (C=O) groups is 2. The first-order valence-electron chi connectivity index (χ1n) is 14.5. The highest BCUT2D eigenvalue weighted by molar-refractivity contribution is 6.35. The van der Waals surface area contributed by atoms with Crippen molar-refractivity contribution in [3.63, 3.8) is 0 Å². The van der Waals surface area contributed by atoms with Gasteiger partial charge in [-0.15, -0.1) is 0 Å². The van der Waals surface area contributed by atoms with Crippen LogP contribution in [0.1, 0.15) is 62.5 Å². The zero-order chi connectivity index (χ0) is 31.2. The largest absolute Gasteiger partial charge is 0.492 e. The summed E-state index contributed by atoms with van der Waals surface area (Å²) in [6, 6.07) is 6.24. The number of ether oxygens (including phenoxy) is 1. The molecular formula is C32H37Cl2FN4O4. The van der Waals surface area contributed by atoms with Crippen LogP contribution in [-0.4, -0.2) is 60.5 Å². The van der Waals surface area contributed by atoms with Crippen molar-refractivity contribution in [3.05, 3.63) is 67.7 Å². The fourth-order valence-electron chi connectivity index (χ4n) is 5.52. The number of halogens is 3. The summed E-state index contributed by atoms with van der Waals surface area (Å²) in [6.45, 7) is 9.74. The second-order valence-corrected chi connectivity index (χ2v) is 13.3. The lowest BCUT2D eigenvalue weighted by Crippen LogP contribution is -2.54. The SMILES string of the molecule is COc1c(N2CCN(CC(=O)C(C)(C)C)C(C)C2)c(F)cc2c(=O)c(C(=O)NCc3ccc(Cl)cc3Cl)cn(C3CC3)c12. The van der Waals surface area contributed by atoms with Gasteiger partial charge in [-0.05, 0) is 43.5 Å². The van der Waals surface area contributed by atoms with Gasteiger partial charge in [-0.1, -0.05) is 50.0 Å². The Kier molecular flexibility index (Phi) is 8.80. The van der Waals surface area contributed by atoms with Gasteiger partial charge in [0.2, 0.25) is 5.43 Å². The first-order chi connectivity index (χ1) is 20.3. The number of methoxy groups -OCH3 is 1. The van der Waals surface area contributed by atoms with Crippen LogP contribution < -0.4 is 20.4 Å². The van der Waals surface area contributed by atoms with Crippen molar-refractivity contribution in [1.29, 1.82) is 0 Å². The Morgan fingerprint density at radius 1 is 1.14 bits per heavy atom.